The molecular formula is C8H12F2O3. The van der Waals surface area contributed by atoms with Crippen LogP contribution in [0.25, 0.3) is 0 Å². The lowest BCUT2D eigenvalue weighted by molar-refractivity contribution is -0.209. The van der Waals surface area contributed by atoms with Crippen molar-refractivity contribution < 1.29 is 23.4 Å². The zero-order valence-electron chi connectivity index (χ0n) is 7.35. The summed E-state index contributed by atoms with van der Waals surface area (Å²) in [5, 5.41) is 9.47. The minimum atomic E-state index is -3.78. The Morgan fingerprint density at radius 1 is 1.46 bits per heavy atom. The molecule has 0 aromatic heterocycles. The van der Waals surface area contributed by atoms with Crippen LogP contribution in [-0.4, -0.2) is 29.7 Å². The van der Waals surface area contributed by atoms with E-state index < -0.39 is 17.5 Å². The van der Waals surface area contributed by atoms with Crippen LogP contribution in [0.15, 0.2) is 0 Å². The van der Waals surface area contributed by atoms with Gasteiger partial charge < -0.3 is 9.84 Å². The maximum Gasteiger partial charge on any atom is 0.379 e. The Balaban J connectivity index is 2.83. The molecule has 0 aromatic rings. The summed E-state index contributed by atoms with van der Waals surface area (Å²) < 4.78 is 30.3. The number of carbonyl (C=O) groups excluding carboxylic acids is 1. The molecule has 1 aliphatic carbocycles. The average molecular weight is 194 g/mol. The van der Waals surface area contributed by atoms with Crippen molar-refractivity contribution in [1.82, 2.24) is 0 Å². The van der Waals surface area contributed by atoms with E-state index in [4.69, 9.17) is 0 Å². The van der Waals surface area contributed by atoms with Gasteiger partial charge in [0.25, 0.3) is 0 Å². The van der Waals surface area contributed by atoms with Crippen LogP contribution in [0, 0.1) is 0 Å². The first-order chi connectivity index (χ1) is 5.94. The molecule has 13 heavy (non-hydrogen) atoms. The molecule has 1 aliphatic rings. The van der Waals surface area contributed by atoms with Gasteiger partial charge in [0.15, 0.2) is 0 Å². The van der Waals surface area contributed by atoms with Crippen LogP contribution in [0.3, 0.4) is 0 Å². The number of hydrogen-bond donors (Lipinski definition) is 1. The lowest BCUT2D eigenvalue weighted by Gasteiger charge is -2.29. The van der Waals surface area contributed by atoms with E-state index in [-0.39, 0.29) is 12.8 Å². The van der Waals surface area contributed by atoms with Crippen molar-refractivity contribution in [2.45, 2.75) is 37.2 Å². The van der Waals surface area contributed by atoms with Gasteiger partial charge in [0.2, 0.25) is 0 Å². The van der Waals surface area contributed by atoms with Crippen molar-refractivity contribution in [1.29, 1.82) is 0 Å². The van der Waals surface area contributed by atoms with E-state index in [2.05, 4.69) is 4.74 Å². The molecule has 1 rings (SSSR count). The number of ether oxygens (including phenoxy) is 1. The number of methoxy groups -OCH3 is 1. The van der Waals surface area contributed by atoms with Crippen LogP contribution < -0.4 is 0 Å². The predicted molar refractivity (Wildman–Crippen MR) is 40.4 cm³/mol. The Kier molecular flexibility index (Phi) is 2.56. The molecule has 0 aliphatic heterocycles. The van der Waals surface area contributed by atoms with Crippen LogP contribution in [0.4, 0.5) is 8.78 Å². The highest BCUT2D eigenvalue weighted by Crippen LogP contribution is 2.42. The number of carbonyl (C=O) groups is 1. The maximum atomic E-state index is 13.2. The summed E-state index contributed by atoms with van der Waals surface area (Å²) >= 11 is 0. The summed E-state index contributed by atoms with van der Waals surface area (Å²) in [5.74, 6) is -5.44. The normalized spacial score (nSPS) is 21.5. The topological polar surface area (TPSA) is 46.5 Å². The molecule has 0 amide bonds. The minimum absolute atomic E-state index is 0.0465. The van der Waals surface area contributed by atoms with E-state index >= 15 is 0 Å². The zero-order chi connectivity index (χ0) is 10.1. The third kappa shape index (κ3) is 1.52. The van der Waals surface area contributed by atoms with Gasteiger partial charge >= 0.3 is 11.9 Å². The molecule has 0 radical (unpaired) electrons. The molecule has 0 bridgehead atoms. The Morgan fingerprint density at radius 3 is 2.31 bits per heavy atom. The van der Waals surface area contributed by atoms with E-state index in [1.807, 2.05) is 0 Å². The highest BCUT2D eigenvalue weighted by atomic mass is 19.3. The molecule has 0 spiro atoms. The van der Waals surface area contributed by atoms with E-state index in [0.717, 1.165) is 7.11 Å². The Hall–Kier alpha value is -0.710. The van der Waals surface area contributed by atoms with Crippen LogP contribution in [0.1, 0.15) is 25.7 Å². The van der Waals surface area contributed by atoms with Crippen LogP contribution in [-0.2, 0) is 9.53 Å². The van der Waals surface area contributed by atoms with Gasteiger partial charge in [-0.3, -0.25) is 0 Å². The third-order valence-corrected chi connectivity index (χ3v) is 2.46. The minimum Gasteiger partial charge on any atom is -0.464 e. The van der Waals surface area contributed by atoms with E-state index in [1.165, 1.54) is 0 Å². The first-order valence-corrected chi connectivity index (χ1v) is 4.13. The first-order valence-electron chi connectivity index (χ1n) is 4.13. The molecule has 76 valence electrons. The van der Waals surface area contributed by atoms with E-state index in [0.29, 0.717) is 12.8 Å². The Bertz CT molecular complexity index is 209. The second kappa shape index (κ2) is 3.21. The number of alkyl halides is 2. The van der Waals surface area contributed by atoms with Crippen LogP contribution in [0.5, 0.6) is 0 Å². The summed E-state index contributed by atoms with van der Waals surface area (Å²) in [5.41, 5.74) is -2.19. The van der Waals surface area contributed by atoms with Gasteiger partial charge in [-0.2, -0.15) is 8.78 Å². The molecule has 0 atom stereocenters. The third-order valence-electron chi connectivity index (χ3n) is 2.46. The second-order valence-corrected chi connectivity index (χ2v) is 3.30. The number of hydrogen-bond acceptors (Lipinski definition) is 3. The summed E-state index contributed by atoms with van der Waals surface area (Å²) in [4.78, 5) is 10.7. The van der Waals surface area contributed by atoms with E-state index in [1.54, 1.807) is 0 Å². The van der Waals surface area contributed by atoms with Crippen molar-refractivity contribution in [3.63, 3.8) is 0 Å². The maximum absolute atomic E-state index is 13.2. The van der Waals surface area contributed by atoms with Crippen molar-refractivity contribution in [2.75, 3.05) is 7.11 Å². The molecule has 0 heterocycles. The first kappa shape index (κ1) is 10.4. The summed E-state index contributed by atoms with van der Waals surface area (Å²) in [6, 6.07) is 0. The van der Waals surface area contributed by atoms with Crippen molar-refractivity contribution >= 4 is 5.97 Å². The zero-order valence-corrected chi connectivity index (χ0v) is 7.35. The van der Waals surface area contributed by atoms with Gasteiger partial charge in [-0.25, -0.2) is 4.79 Å². The fourth-order valence-corrected chi connectivity index (χ4v) is 1.59. The van der Waals surface area contributed by atoms with Gasteiger partial charge in [0.05, 0.1) is 7.11 Å². The highest BCUT2D eigenvalue weighted by molar-refractivity contribution is 5.79. The lowest BCUT2D eigenvalue weighted by atomic mass is 9.94. The quantitative estimate of drug-likeness (QED) is 0.669. The molecule has 0 unspecified atom stereocenters. The molecule has 1 saturated carbocycles. The summed E-state index contributed by atoms with van der Waals surface area (Å²) in [7, 11) is 0.883. The molecule has 3 nitrogen and oxygen atoms in total. The highest BCUT2D eigenvalue weighted by Gasteiger charge is 2.60. The lowest BCUT2D eigenvalue weighted by Crippen LogP contribution is -2.51. The standard InChI is InChI=1S/C8H12F2O3/c1-13-6(11)8(9,10)7(12)4-2-3-5-7/h12H,2-5H2,1H3. The molecular weight excluding hydrogens is 182 g/mol. The van der Waals surface area contributed by atoms with Gasteiger partial charge in [0, 0.05) is 0 Å². The molecule has 5 heteroatoms. The molecule has 0 aromatic carbocycles. The predicted octanol–water partition coefficient (Wildman–Crippen LogP) is 1.10. The van der Waals surface area contributed by atoms with Crippen LogP contribution in [0.2, 0.25) is 0 Å². The number of rotatable bonds is 2. The van der Waals surface area contributed by atoms with Gasteiger partial charge in [-0.1, -0.05) is 12.8 Å². The molecule has 1 N–H and O–H groups in total. The smallest absolute Gasteiger partial charge is 0.379 e. The van der Waals surface area contributed by atoms with Gasteiger partial charge in [-0.15, -0.1) is 0 Å². The summed E-state index contributed by atoms with van der Waals surface area (Å²) in [6.45, 7) is 0. The Morgan fingerprint density at radius 2 is 1.92 bits per heavy atom. The number of aliphatic hydroxyl groups is 1. The SMILES string of the molecule is COC(=O)C(F)(F)C1(O)CCCC1. The van der Waals surface area contributed by atoms with Gasteiger partial charge in [-0.05, 0) is 12.8 Å². The molecule has 0 saturated heterocycles. The number of esters is 1. The van der Waals surface area contributed by atoms with Crippen molar-refractivity contribution in [3.8, 4) is 0 Å². The fourth-order valence-electron chi connectivity index (χ4n) is 1.59. The van der Waals surface area contributed by atoms with E-state index in [9.17, 15) is 18.7 Å². The fraction of sp³-hybridized carbons (Fsp3) is 0.875. The van der Waals surface area contributed by atoms with Gasteiger partial charge in [0.1, 0.15) is 5.60 Å². The summed E-state index contributed by atoms with van der Waals surface area (Å²) in [6.07, 6.45) is 0.941. The molecule has 1 fully saturated rings. The van der Waals surface area contributed by atoms with Crippen LogP contribution >= 0.6 is 0 Å². The average Bonchev–Trinajstić information content (AvgIpc) is 2.52. The second-order valence-electron chi connectivity index (χ2n) is 3.30. The number of halogens is 2. The van der Waals surface area contributed by atoms with Crippen molar-refractivity contribution in [3.05, 3.63) is 0 Å². The Labute approximate surface area is 74.7 Å². The van der Waals surface area contributed by atoms with Crippen molar-refractivity contribution in [2.24, 2.45) is 0 Å². The largest absolute Gasteiger partial charge is 0.464 e. The monoisotopic (exact) mass is 194 g/mol.